The zero-order chi connectivity index (χ0) is 34.0. The first-order valence-electron chi connectivity index (χ1n) is 15.5. The van der Waals surface area contributed by atoms with E-state index in [2.05, 4.69) is 96.9 Å². The Hall–Kier alpha value is -5.14. The molecule has 0 unspecified atom stereocenters. The van der Waals surface area contributed by atoms with Crippen molar-refractivity contribution in [3.8, 4) is 39.1 Å². The van der Waals surface area contributed by atoms with E-state index in [1.165, 1.54) is 28.5 Å². The van der Waals surface area contributed by atoms with Crippen LogP contribution in [0.3, 0.4) is 0 Å². The Kier molecular flexibility index (Phi) is 7.56. The van der Waals surface area contributed by atoms with E-state index in [1.807, 2.05) is 24.3 Å². The van der Waals surface area contributed by atoms with Gasteiger partial charge in [-0.15, -0.1) is 0 Å². The fraction of sp³-hybridized carbons (Fsp3) is 0.122. The normalized spacial score (nSPS) is 12.2. The molecule has 0 bridgehead atoms. The Bertz CT molecular complexity index is 2420. The Balaban J connectivity index is 1.47. The van der Waals surface area contributed by atoms with E-state index in [0.29, 0.717) is 11.1 Å². The molecule has 0 fully saturated rings. The van der Waals surface area contributed by atoms with E-state index in [0.717, 1.165) is 60.5 Å². The molecule has 0 radical (unpaired) electrons. The second kappa shape index (κ2) is 11.5. The third kappa shape index (κ3) is 5.19. The molecular weight excluding hydrogens is 630 g/mol. The summed E-state index contributed by atoms with van der Waals surface area (Å²) in [6.45, 7) is 7.81. The van der Waals surface area contributed by atoms with Gasteiger partial charge in [-0.1, -0.05) is 103 Å². The smallest absolute Gasteiger partial charge is 0.376 e. The van der Waals surface area contributed by atoms with Crippen LogP contribution in [-0.2, 0) is 10.1 Å². The van der Waals surface area contributed by atoms with Crippen LogP contribution in [0.15, 0.2) is 115 Å². The molecule has 0 saturated heterocycles. The van der Waals surface area contributed by atoms with Crippen molar-refractivity contribution >= 4 is 42.4 Å². The van der Waals surface area contributed by atoms with Crippen LogP contribution in [0.5, 0.6) is 5.75 Å². The van der Waals surface area contributed by atoms with Gasteiger partial charge < -0.3 is 4.18 Å². The number of aryl methyl sites for hydroxylation is 4. The Labute approximate surface area is 277 Å². The van der Waals surface area contributed by atoms with E-state index in [-0.39, 0.29) is 5.75 Å². The summed E-state index contributed by atoms with van der Waals surface area (Å²) in [5, 5.41) is 6.42. The molecule has 7 heteroatoms. The Morgan fingerprint density at radius 2 is 0.896 bits per heavy atom. The lowest BCUT2D eigenvalue weighted by Gasteiger charge is -2.23. The van der Waals surface area contributed by atoms with Crippen LogP contribution in [-0.4, -0.2) is 13.9 Å². The third-order valence-electron chi connectivity index (χ3n) is 9.06. The van der Waals surface area contributed by atoms with Gasteiger partial charge in [0.2, 0.25) is 0 Å². The lowest BCUT2D eigenvalue weighted by Crippen LogP contribution is -2.28. The summed E-state index contributed by atoms with van der Waals surface area (Å²) in [4.78, 5) is 0. The number of fused-ring (bicyclic) bond motifs is 3. The molecule has 0 aliphatic carbocycles. The predicted molar refractivity (Wildman–Crippen MR) is 190 cm³/mol. The van der Waals surface area contributed by atoms with Gasteiger partial charge in [-0.2, -0.15) is 21.6 Å². The van der Waals surface area contributed by atoms with Gasteiger partial charge in [-0.3, -0.25) is 0 Å². The highest BCUT2D eigenvalue weighted by atomic mass is 32.2. The highest BCUT2D eigenvalue weighted by Gasteiger charge is 2.48. The first kappa shape index (κ1) is 31.5. The number of benzene rings is 7. The monoisotopic (exact) mass is 660 g/mol. The number of alkyl halides is 3. The molecule has 0 N–H and O–H groups in total. The van der Waals surface area contributed by atoms with Crippen molar-refractivity contribution in [2.24, 2.45) is 0 Å². The fourth-order valence-corrected chi connectivity index (χ4v) is 7.64. The van der Waals surface area contributed by atoms with E-state index in [9.17, 15) is 21.6 Å². The van der Waals surface area contributed by atoms with Crippen molar-refractivity contribution < 1.29 is 25.8 Å². The van der Waals surface area contributed by atoms with Gasteiger partial charge in [0.05, 0.1) is 0 Å². The lowest BCUT2D eigenvalue weighted by molar-refractivity contribution is -0.0500. The first-order chi connectivity index (χ1) is 22.9. The van der Waals surface area contributed by atoms with Crippen molar-refractivity contribution in [2.45, 2.75) is 33.2 Å². The second-order valence-corrected chi connectivity index (χ2v) is 13.8. The Morgan fingerprint density at radius 1 is 0.500 bits per heavy atom. The predicted octanol–water partition coefficient (Wildman–Crippen LogP) is 11.6. The number of halogens is 3. The van der Waals surface area contributed by atoms with Gasteiger partial charge in [-0.25, -0.2) is 0 Å². The summed E-state index contributed by atoms with van der Waals surface area (Å²) in [5.74, 6) is -0.381. The topological polar surface area (TPSA) is 43.4 Å². The second-order valence-electron chi connectivity index (χ2n) is 12.3. The van der Waals surface area contributed by atoms with Crippen molar-refractivity contribution in [1.82, 2.24) is 0 Å². The summed E-state index contributed by atoms with van der Waals surface area (Å²) in [7, 11) is -5.81. The molecule has 240 valence electrons. The van der Waals surface area contributed by atoms with Gasteiger partial charge >= 0.3 is 15.6 Å². The van der Waals surface area contributed by atoms with Crippen LogP contribution < -0.4 is 4.18 Å². The van der Waals surface area contributed by atoms with E-state index in [1.54, 1.807) is 13.8 Å². The molecule has 7 rings (SSSR count). The Morgan fingerprint density at radius 3 is 1.35 bits per heavy atom. The fourth-order valence-electron chi connectivity index (χ4n) is 7.20. The highest BCUT2D eigenvalue weighted by Crippen LogP contribution is 2.48. The SMILES string of the molecule is Cc1cc(OS(=O)(=O)C(F)(F)F)cc(C)c1-c1c2ccccc2c(-c2c(C)cc(-c3cccc4ccccc34)cc2C)c2ccccc12. The van der Waals surface area contributed by atoms with Crippen LogP contribution in [0, 0.1) is 27.7 Å². The minimum atomic E-state index is -5.81. The molecule has 48 heavy (non-hydrogen) atoms. The zero-order valence-corrected chi connectivity index (χ0v) is 27.6. The van der Waals surface area contributed by atoms with Gasteiger partial charge in [0.1, 0.15) is 5.75 Å². The quantitative estimate of drug-likeness (QED) is 0.105. The summed E-state index contributed by atoms with van der Waals surface area (Å²) >= 11 is 0. The van der Waals surface area contributed by atoms with Gasteiger partial charge in [0.15, 0.2) is 0 Å². The number of hydrogen-bond donors (Lipinski definition) is 0. The molecule has 0 aliphatic heterocycles. The molecule has 0 spiro atoms. The minimum absolute atomic E-state index is 0.381. The van der Waals surface area contributed by atoms with E-state index >= 15 is 0 Å². The zero-order valence-electron chi connectivity index (χ0n) is 26.7. The average molecular weight is 661 g/mol. The highest BCUT2D eigenvalue weighted by molar-refractivity contribution is 7.88. The average Bonchev–Trinajstić information content (AvgIpc) is 3.03. The molecule has 3 nitrogen and oxygen atoms in total. The maximum Gasteiger partial charge on any atom is 0.534 e. The molecule has 0 saturated carbocycles. The van der Waals surface area contributed by atoms with Crippen LogP contribution >= 0.6 is 0 Å². The summed E-state index contributed by atoms with van der Waals surface area (Å²) < 4.78 is 67.4. The van der Waals surface area contributed by atoms with E-state index in [4.69, 9.17) is 0 Å². The lowest BCUT2D eigenvalue weighted by atomic mass is 9.81. The molecule has 0 heterocycles. The maximum atomic E-state index is 13.1. The molecule has 0 amide bonds. The maximum absolute atomic E-state index is 13.1. The molecule has 7 aromatic carbocycles. The van der Waals surface area contributed by atoms with Gasteiger partial charge in [-0.05, 0) is 128 Å². The summed E-state index contributed by atoms with van der Waals surface area (Å²) in [6, 6.07) is 38.3. The van der Waals surface area contributed by atoms with Gasteiger partial charge in [0, 0.05) is 0 Å². The number of hydrogen-bond acceptors (Lipinski definition) is 3. The summed E-state index contributed by atoms with van der Waals surface area (Å²) in [5.41, 5.74) is 4.26. The van der Waals surface area contributed by atoms with Crippen molar-refractivity contribution in [1.29, 1.82) is 0 Å². The van der Waals surface area contributed by atoms with E-state index < -0.39 is 15.6 Å². The van der Waals surface area contributed by atoms with Crippen LogP contribution in [0.4, 0.5) is 13.2 Å². The largest absolute Gasteiger partial charge is 0.534 e. The third-order valence-corrected chi connectivity index (χ3v) is 10.0. The number of rotatable bonds is 5. The van der Waals surface area contributed by atoms with Crippen LogP contribution in [0.25, 0.3) is 65.7 Å². The molecular formula is C41H31F3O3S. The molecule has 0 aromatic heterocycles. The van der Waals surface area contributed by atoms with Gasteiger partial charge in [0.25, 0.3) is 0 Å². The van der Waals surface area contributed by atoms with Crippen molar-refractivity contribution in [3.05, 3.63) is 138 Å². The van der Waals surface area contributed by atoms with Crippen LogP contribution in [0.1, 0.15) is 22.3 Å². The summed E-state index contributed by atoms with van der Waals surface area (Å²) in [6.07, 6.45) is 0. The minimum Gasteiger partial charge on any atom is -0.376 e. The molecule has 0 aliphatic rings. The van der Waals surface area contributed by atoms with Crippen molar-refractivity contribution in [2.75, 3.05) is 0 Å². The first-order valence-corrected chi connectivity index (χ1v) is 16.9. The van der Waals surface area contributed by atoms with Crippen LogP contribution in [0.2, 0.25) is 0 Å². The molecule has 7 aromatic rings. The van der Waals surface area contributed by atoms with Crippen molar-refractivity contribution in [3.63, 3.8) is 0 Å². The standard InChI is InChI=1S/C41H31F3O3S/c1-24-20-29(32-19-11-13-28-12-5-6-14-31(28)32)21-25(2)37(24)39-33-15-7-9-17-35(33)40(36-18-10-8-16-34(36)39)38-26(3)22-30(23-27(38)4)47-48(45,46)41(42,43)44/h5-23H,1-4H3. The molecule has 0 atom stereocenters.